The molecule has 14 heavy (non-hydrogen) atoms. The third kappa shape index (κ3) is 2.79. The molecule has 0 radical (unpaired) electrons. The van der Waals surface area contributed by atoms with Crippen molar-refractivity contribution >= 4 is 118 Å². The van der Waals surface area contributed by atoms with Crippen molar-refractivity contribution in [3.8, 4) is 0 Å². The van der Waals surface area contributed by atoms with Crippen LogP contribution in [0.2, 0.25) is 0 Å². The second kappa shape index (κ2) is 5.82. The normalized spacial score (nSPS) is 10.5. The molecule has 0 saturated carbocycles. The molecule has 0 aliphatic rings. The van der Waals surface area contributed by atoms with Gasteiger partial charge in [0, 0.05) is 13.4 Å². The molecular formula is C6Br7N. The minimum atomic E-state index is 0.923. The summed E-state index contributed by atoms with van der Waals surface area (Å²) in [4.78, 5) is 0. The zero-order valence-corrected chi connectivity index (χ0v) is 17.2. The highest BCUT2D eigenvalue weighted by Crippen LogP contribution is 2.50. The lowest BCUT2D eigenvalue weighted by Crippen LogP contribution is -1.95. The fourth-order valence-corrected chi connectivity index (χ4v) is 5.78. The van der Waals surface area contributed by atoms with Crippen LogP contribution in [0.15, 0.2) is 22.4 Å². The monoisotopic (exact) mass is 638 g/mol. The quantitative estimate of drug-likeness (QED) is 0.182. The van der Waals surface area contributed by atoms with Gasteiger partial charge in [-0.05, 0) is 79.6 Å². The summed E-state index contributed by atoms with van der Waals surface area (Å²) in [5.74, 6) is 0. The molecule has 0 spiro atoms. The van der Waals surface area contributed by atoms with Gasteiger partial charge in [-0.15, -0.1) is 0 Å². The molecule has 0 heterocycles. The van der Waals surface area contributed by atoms with E-state index in [-0.39, 0.29) is 0 Å². The Balaban J connectivity index is 3.60. The molecule has 0 N–H and O–H groups in total. The third-order valence-corrected chi connectivity index (χ3v) is 8.12. The largest absolute Gasteiger partial charge is 0.240 e. The number of benzene rings is 1. The van der Waals surface area contributed by atoms with E-state index in [1.165, 1.54) is 0 Å². The van der Waals surface area contributed by atoms with Crippen LogP contribution in [-0.2, 0) is 0 Å². The van der Waals surface area contributed by atoms with Crippen molar-refractivity contribution < 1.29 is 0 Å². The van der Waals surface area contributed by atoms with Crippen molar-refractivity contribution in [1.29, 1.82) is 0 Å². The fraction of sp³-hybridized carbons (Fsp3) is 0. The van der Waals surface area contributed by atoms with E-state index in [0.717, 1.165) is 28.1 Å². The molecule has 1 aromatic carbocycles. The van der Waals surface area contributed by atoms with Crippen molar-refractivity contribution in [3.05, 3.63) is 22.4 Å². The van der Waals surface area contributed by atoms with Gasteiger partial charge in [0.2, 0.25) is 0 Å². The Hall–Kier alpha value is 2.38. The lowest BCUT2D eigenvalue weighted by molar-refractivity contribution is 1.43. The van der Waals surface area contributed by atoms with Crippen molar-refractivity contribution in [2.45, 2.75) is 0 Å². The lowest BCUT2D eigenvalue weighted by Gasteiger charge is -2.16. The lowest BCUT2D eigenvalue weighted by atomic mass is 10.3. The number of hydrogen-bond donors (Lipinski definition) is 0. The van der Waals surface area contributed by atoms with Gasteiger partial charge in [-0.1, -0.05) is 0 Å². The zero-order valence-electron chi connectivity index (χ0n) is 6.09. The zero-order chi connectivity index (χ0) is 11.0. The van der Waals surface area contributed by atoms with Gasteiger partial charge in [-0.2, -0.15) is 0 Å². The third-order valence-electron chi connectivity index (χ3n) is 1.36. The predicted octanol–water partition coefficient (Wildman–Crippen LogP) is 6.93. The van der Waals surface area contributed by atoms with Gasteiger partial charge in [-0.3, -0.25) is 0 Å². The Morgan fingerprint density at radius 3 is 1.14 bits per heavy atom. The van der Waals surface area contributed by atoms with Crippen molar-refractivity contribution in [2.75, 3.05) is 2.95 Å². The highest BCUT2D eigenvalue weighted by Gasteiger charge is 2.19. The Morgan fingerprint density at radius 1 is 0.571 bits per heavy atom. The molecule has 0 amide bonds. The number of nitrogens with zero attached hydrogens (tertiary/aromatic N) is 1. The fourth-order valence-electron chi connectivity index (χ4n) is 0.742. The topological polar surface area (TPSA) is 3.24 Å². The van der Waals surface area contributed by atoms with E-state index in [4.69, 9.17) is 0 Å². The molecule has 0 aliphatic heterocycles. The maximum atomic E-state index is 3.49. The SMILES string of the molecule is Brc1c(Br)c(Br)c(N(Br)Br)c(Br)c1Br. The molecule has 0 saturated heterocycles. The summed E-state index contributed by atoms with van der Waals surface area (Å²) in [6.45, 7) is 0. The molecule has 0 aliphatic carbocycles. The van der Waals surface area contributed by atoms with Crippen molar-refractivity contribution in [1.82, 2.24) is 0 Å². The average molecular weight is 645 g/mol. The molecule has 1 aromatic rings. The summed E-state index contributed by atoms with van der Waals surface area (Å²) < 4.78 is 6.33. The molecule has 0 bridgehead atoms. The number of hydrogen-bond acceptors (Lipinski definition) is 1. The Morgan fingerprint density at radius 2 is 0.857 bits per heavy atom. The highest BCUT2D eigenvalue weighted by molar-refractivity contribution is 9.25. The van der Waals surface area contributed by atoms with Crippen LogP contribution < -0.4 is 2.95 Å². The first-order chi connectivity index (χ1) is 6.37. The number of halogens is 7. The summed E-state index contributed by atoms with van der Waals surface area (Å²) in [6, 6.07) is 0. The van der Waals surface area contributed by atoms with Crippen molar-refractivity contribution in [3.63, 3.8) is 0 Å². The van der Waals surface area contributed by atoms with E-state index < -0.39 is 0 Å². The summed E-state index contributed by atoms with van der Waals surface area (Å²) >= 11 is 24.0. The van der Waals surface area contributed by atoms with Crippen LogP contribution in [0.4, 0.5) is 5.69 Å². The standard InChI is InChI=1S/C6Br7N/c7-1-2(8)4(10)6(14(12)13)5(11)3(1)9. The van der Waals surface area contributed by atoms with E-state index in [0.29, 0.717) is 0 Å². The second-order valence-corrected chi connectivity index (χ2v) is 8.49. The Labute approximate surface area is 141 Å². The second-order valence-electron chi connectivity index (χ2n) is 2.15. The van der Waals surface area contributed by atoms with Crippen molar-refractivity contribution in [2.24, 2.45) is 0 Å². The Bertz CT molecular complexity index is 346. The first-order valence-corrected chi connectivity index (χ1v) is 8.39. The van der Waals surface area contributed by atoms with E-state index in [2.05, 4.69) is 112 Å². The van der Waals surface area contributed by atoms with E-state index in [1.54, 1.807) is 2.95 Å². The molecule has 8 heteroatoms. The summed E-state index contributed by atoms with van der Waals surface area (Å²) in [7, 11) is 0. The van der Waals surface area contributed by atoms with E-state index in [1.807, 2.05) is 0 Å². The smallest absolute Gasteiger partial charge is 0.0903 e. The van der Waals surface area contributed by atoms with Gasteiger partial charge in [0.25, 0.3) is 0 Å². The van der Waals surface area contributed by atoms with Gasteiger partial charge < -0.3 is 0 Å². The molecule has 0 aromatic heterocycles. The van der Waals surface area contributed by atoms with E-state index >= 15 is 0 Å². The van der Waals surface area contributed by atoms with Crippen LogP contribution in [0.1, 0.15) is 0 Å². The molecule has 0 fully saturated rings. The van der Waals surface area contributed by atoms with Crippen LogP contribution >= 0.6 is 112 Å². The van der Waals surface area contributed by atoms with Crippen LogP contribution in [0.5, 0.6) is 0 Å². The molecular weight excluding hydrogens is 645 g/mol. The minimum absolute atomic E-state index is 0.923. The average Bonchev–Trinajstić information content (AvgIpc) is 2.11. The summed E-state index contributed by atoms with van der Waals surface area (Å²) in [5, 5.41) is 0. The van der Waals surface area contributed by atoms with Crippen LogP contribution in [0.3, 0.4) is 0 Å². The Kier molecular flexibility index (Phi) is 6.00. The van der Waals surface area contributed by atoms with E-state index in [9.17, 15) is 0 Å². The highest BCUT2D eigenvalue weighted by atomic mass is 79.9. The summed E-state index contributed by atoms with van der Waals surface area (Å²) in [5.41, 5.74) is 0.923. The maximum Gasteiger partial charge on any atom is 0.0903 e. The summed E-state index contributed by atoms with van der Waals surface area (Å²) in [6.07, 6.45) is 0. The van der Waals surface area contributed by atoms with Crippen LogP contribution in [0, 0.1) is 0 Å². The number of anilines is 1. The van der Waals surface area contributed by atoms with Gasteiger partial charge in [0.1, 0.15) is 0 Å². The molecule has 1 nitrogen and oxygen atoms in total. The van der Waals surface area contributed by atoms with Crippen LogP contribution in [0.25, 0.3) is 0 Å². The van der Waals surface area contributed by atoms with Gasteiger partial charge in [0.05, 0.1) is 46.9 Å². The first kappa shape index (κ1) is 14.4. The van der Waals surface area contributed by atoms with Gasteiger partial charge in [0.15, 0.2) is 0 Å². The minimum Gasteiger partial charge on any atom is -0.240 e. The first-order valence-electron chi connectivity index (χ1n) is 3.01. The number of rotatable bonds is 1. The molecule has 0 unspecified atom stereocenters. The van der Waals surface area contributed by atoms with Gasteiger partial charge >= 0.3 is 0 Å². The molecule has 0 atom stereocenters. The molecule has 78 valence electrons. The van der Waals surface area contributed by atoms with Gasteiger partial charge in [-0.25, -0.2) is 2.95 Å². The predicted molar refractivity (Wildman–Crippen MR) is 85.3 cm³/mol. The maximum absolute atomic E-state index is 3.49. The molecule has 1 rings (SSSR count). The van der Waals surface area contributed by atoms with Crippen LogP contribution in [-0.4, -0.2) is 0 Å².